The Bertz CT molecular complexity index is 582. The number of hydrogen-bond donors (Lipinski definition) is 1. The van der Waals surface area contributed by atoms with Crippen molar-refractivity contribution in [1.29, 1.82) is 0 Å². The van der Waals surface area contributed by atoms with Gasteiger partial charge >= 0.3 is 6.61 Å². The molecule has 21 heavy (non-hydrogen) atoms. The number of nitrogens with two attached hydrogens (primary N) is 1. The van der Waals surface area contributed by atoms with E-state index in [9.17, 15) is 8.78 Å². The average Bonchev–Trinajstić information content (AvgIpc) is 2.81. The molecule has 0 aliphatic heterocycles. The van der Waals surface area contributed by atoms with Crippen LogP contribution in [-0.4, -0.2) is 11.8 Å². The van der Waals surface area contributed by atoms with Crippen LogP contribution >= 0.6 is 0 Å². The summed E-state index contributed by atoms with van der Waals surface area (Å²) in [6, 6.07) is 6.29. The molecule has 0 radical (unpaired) electrons. The van der Waals surface area contributed by atoms with E-state index >= 15 is 0 Å². The van der Waals surface area contributed by atoms with Crippen molar-refractivity contribution in [2.45, 2.75) is 39.2 Å². The molecule has 4 nitrogen and oxygen atoms in total. The van der Waals surface area contributed by atoms with E-state index in [0.29, 0.717) is 0 Å². The lowest BCUT2D eigenvalue weighted by molar-refractivity contribution is -0.0498. The Hall–Kier alpha value is -2.11. The first-order valence-electron chi connectivity index (χ1n) is 6.83. The van der Waals surface area contributed by atoms with Crippen LogP contribution in [0.5, 0.6) is 5.75 Å². The summed E-state index contributed by atoms with van der Waals surface area (Å²) in [7, 11) is 0. The number of hydrogen-bond acceptors (Lipinski definition) is 4. The maximum Gasteiger partial charge on any atom is 0.387 e. The number of anilines is 1. The molecule has 1 unspecified atom stereocenters. The van der Waals surface area contributed by atoms with E-state index in [1.165, 1.54) is 12.1 Å². The fourth-order valence-corrected chi connectivity index (χ4v) is 2.32. The quantitative estimate of drug-likeness (QED) is 0.856. The maximum absolute atomic E-state index is 12.1. The van der Waals surface area contributed by atoms with Gasteiger partial charge in [0.2, 0.25) is 5.88 Å². The zero-order chi connectivity index (χ0) is 15.4. The Balaban J connectivity index is 2.31. The number of nitrogen functional groups attached to an aromatic ring is 1. The van der Waals surface area contributed by atoms with Gasteiger partial charge in [-0.05, 0) is 24.1 Å². The SMILES string of the molecule is CCCC(C)c1noc(N)c1-c1ccc(OC(F)F)cc1. The largest absolute Gasteiger partial charge is 0.435 e. The third-order valence-electron chi connectivity index (χ3n) is 3.30. The van der Waals surface area contributed by atoms with E-state index in [2.05, 4.69) is 23.7 Å². The Morgan fingerprint density at radius 2 is 1.95 bits per heavy atom. The maximum atomic E-state index is 12.1. The fraction of sp³-hybridized carbons (Fsp3) is 0.400. The minimum atomic E-state index is -2.84. The number of benzene rings is 1. The van der Waals surface area contributed by atoms with Crippen LogP contribution < -0.4 is 10.5 Å². The van der Waals surface area contributed by atoms with Gasteiger partial charge in [0.25, 0.3) is 0 Å². The van der Waals surface area contributed by atoms with Crippen LogP contribution in [-0.2, 0) is 0 Å². The van der Waals surface area contributed by atoms with Crippen molar-refractivity contribution in [3.63, 3.8) is 0 Å². The first-order chi connectivity index (χ1) is 10.0. The van der Waals surface area contributed by atoms with Gasteiger partial charge in [-0.2, -0.15) is 8.78 Å². The van der Waals surface area contributed by atoms with Crippen molar-refractivity contribution in [1.82, 2.24) is 5.16 Å². The third-order valence-corrected chi connectivity index (χ3v) is 3.30. The summed E-state index contributed by atoms with van der Waals surface area (Å²) in [6.07, 6.45) is 1.99. The highest BCUT2D eigenvalue weighted by atomic mass is 19.3. The van der Waals surface area contributed by atoms with E-state index in [4.69, 9.17) is 10.3 Å². The molecular weight excluding hydrogens is 278 g/mol. The summed E-state index contributed by atoms with van der Waals surface area (Å²) in [4.78, 5) is 0. The predicted molar refractivity (Wildman–Crippen MR) is 76.3 cm³/mol. The molecule has 0 fully saturated rings. The van der Waals surface area contributed by atoms with Gasteiger partial charge in [0, 0.05) is 5.92 Å². The number of alkyl halides is 2. The van der Waals surface area contributed by atoms with Crippen LogP contribution in [0.3, 0.4) is 0 Å². The number of aromatic nitrogens is 1. The fourth-order valence-electron chi connectivity index (χ4n) is 2.32. The van der Waals surface area contributed by atoms with Crippen LogP contribution in [0.1, 0.15) is 38.3 Å². The molecule has 1 aromatic carbocycles. The minimum absolute atomic E-state index is 0.104. The molecule has 0 bridgehead atoms. The number of ether oxygens (including phenoxy) is 1. The normalized spacial score (nSPS) is 12.6. The van der Waals surface area contributed by atoms with Crippen LogP contribution in [0, 0.1) is 0 Å². The Labute approximate surface area is 121 Å². The lowest BCUT2D eigenvalue weighted by Crippen LogP contribution is -2.01. The first-order valence-corrected chi connectivity index (χ1v) is 6.83. The molecule has 114 valence electrons. The van der Waals surface area contributed by atoms with Gasteiger partial charge in [-0.1, -0.05) is 37.6 Å². The summed E-state index contributed by atoms with van der Waals surface area (Å²) in [5.74, 6) is 0.547. The minimum Gasteiger partial charge on any atom is -0.435 e. The molecular formula is C15H18F2N2O2. The predicted octanol–water partition coefficient (Wildman–Crippen LogP) is 4.43. The van der Waals surface area contributed by atoms with Gasteiger partial charge in [0.05, 0.1) is 11.3 Å². The highest BCUT2D eigenvalue weighted by Gasteiger charge is 2.20. The Morgan fingerprint density at radius 1 is 1.29 bits per heavy atom. The standard InChI is InChI=1S/C15H18F2N2O2/c1-3-4-9(2)13-12(14(18)21-19-13)10-5-7-11(8-6-10)20-15(16)17/h5-9,15H,3-4,18H2,1-2H3. The lowest BCUT2D eigenvalue weighted by atomic mass is 9.95. The van der Waals surface area contributed by atoms with Crippen molar-refractivity contribution in [2.75, 3.05) is 5.73 Å². The summed E-state index contributed by atoms with van der Waals surface area (Å²) >= 11 is 0. The second-order valence-electron chi connectivity index (χ2n) is 4.90. The molecule has 0 saturated carbocycles. The van der Waals surface area contributed by atoms with Gasteiger partial charge < -0.3 is 15.0 Å². The number of halogens is 2. The summed E-state index contributed by atoms with van der Waals surface area (Å²) < 4.78 is 33.7. The van der Waals surface area contributed by atoms with E-state index in [0.717, 1.165) is 29.7 Å². The van der Waals surface area contributed by atoms with E-state index in [1.807, 2.05) is 0 Å². The van der Waals surface area contributed by atoms with Gasteiger partial charge in [-0.25, -0.2) is 0 Å². The molecule has 0 aliphatic carbocycles. The molecule has 1 atom stereocenters. The van der Waals surface area contributed by atoms with Crippen molar-refractivity contribution >= 4 is 5.88 Å². The van der Waals surface area contributed by atoms with E-state index in [1.54, 1.807) is 12.1 Å². The topological polar surface area (TPSA) is 61.3 Å². The summed E-state index contributed by atoms with van der Waals surface area (Å²) in [6.45, 7) is 1.31. The zero-order valence-corrected chi connectivity index (χ0v) is 12.0. The van der Waals surface area contributed by atoms with E-state index in [-0.39, 0.29) is 17.6 Å². The van der Waals surface area contributed by atoms with Crippen LogP contribution in [0.25, 0.3) is 11.1 Å². The molecule has 1 heterocycles. The van der Waals surface area contributed by atoms with Crippen molar-refractivity contribution < 1.29 is 18.0 Å². The second-order valence-corrected chi connectivity index (χ2v) is 4.90. The third kappa shape index (κ3) is 3.51. The molecule has 0 spiro atoms. The number of nitrogens with zero attached hydrogens (tertiary/aromatic N) is 1. The van der Waals surface area contributed by atoms with Crippen molar-refractivity contribution in [2.24, 2.45) is 0 Å². The molecule has 0 amide bonds. The van der Waals surface area contributed by atoms with Crippen LogP contribution in [0.4, 0.5) is 14.7 Å². The smallest absolute Gasteiger partial charge is 0.387 e. The van der Waals surface area contributed by atoms with Crippen LogP contribution in [0.15, 0.2) is 28.8 Å². The molecule has 6 heteroatoms. The zero-order valence-electron chi connectivity index (χ0n) is 12.0. The molecule has 0 saturated heterocycles. The van der Waals surface area contributed by atoms with Crippen molar-refractivity contribution in [3.8, 4) is 16.9 Å². The monoisotopic (exact) mass is 296 g/mol. The highest BCUT2D eigenvalue weighted by molar-refractivity contribution is 5.75. The average molecular weight is 296 g/mol. The lowest BCUT2D eigenvalue weighted by Gasteiger charge is -2.10. The van der Waals surface area contributed by atoms with Gasteiger partial charge in [-0.3, -0.25) is 0 Å². The second kappa shape index (κ2) is 6.56. The van der Waals surface area contributed by atoms with Gasteiger partial charge in [0.15, 0.2) is 0 Å². The Morgan fingerprint density at radius 3 is 2.52 bits per heavy atom. The molecule has 2 rings (SSSR count). The highest BCUT2D eigenvalue weighted by Crippen LogP contribution is 2.36. The molecule has 2 N–H and O–H groups in total. The molecule has 2 aromatic rings. The summed E-state index contributed by atoms with van der Waals surface area (Å²) in [5.41, 5.74) is 8.13. The molecule has 1 aromatic heterocycles. The Kier molecular flexibility index (Phi) is 4.77. The van der Waals surface area contributed by atoms with Crippen molar-refractivity contribution in [3.05, 3.63) is 30.0 Å². The first kappa shape index (κ1) is 15.3. The van der Waals surface area contributed by atoms with E-state index < -0.39 is 6.61 Å². The molecule has 0 aliphatic rings. The summed E-state index contributed by atoms with van der Waals surface area (Å²) in [5, 5.41) is 4.03. The van der Waals surface area contributed by atoms with Crippen LogP contribution in [0.2, 0.25) is 0 Å². The number of rotatable bonds is 6. The van der Waals surface area contributed by atoms with Gasteiger partial charge in [-0.15, -0.1) is 0 Å². The van der Waals surface area contributed by atoms with Gasteiger partial charge in [0.1, 0.15) is 5.75 Å².